The molecule has 1 atom stereocenters. The summed E-state index contributed by atoms with van der Waals surface area (Å²) in [6.07, 6.45) is 7.70. The molecule has 1 N–H and O–H groups in total. The number of halogens is 1. The number of benzene rings is 1. The van der Waals surface area contributed by atoms with E-state index in [1.165, 1.54) is 30.7 Å². The first kappa shape index (κ1) is 16.4. The van der Waals surface area contributed by atoms with Gasteiger partial charge in [-0.15, -0.1) is 0 Å². The average molecular weight is 328 g/mol. The molecule has 1 aromatic carbocycles. The van der Waals surface area contributed by atoms with Crippen molar-refractivity contribution in [1.82, 2.24) is 9.97 Å². The van der Waals surface area contributed by atoms with Crippen molar-refractivity contribution in [2.75, 3.05) is 16.8 Å². The van der Waals surface area contributed by atoms with Crippen LogP contribution in [0.1, 0.15) is 43.0 Å². The van der Waals surface area contributed by atoms with Crippen molar-refractivity contribution in [1.29, 1.82) is 0 Å². The summed E-state index contributed by atoms with van der Waals surface area (Å²) in [6, 6.07) is 6.11. The molecular formula is C18H21FN4O. The number of rotatable bonds is 4. The van der Waals surface area contributed by atoms with E-state index >= 15 is 0 Å². The van der Waals surface area contributed by atoms with Gasteiger partial charge in [0.05, 0.1) is 5.56 Å². The summed E-state index contributed by atoms with van der Waals surface area (Å²) >= 11 is 0. The molecule has 1 aromatic heterocycles. The van der Waals surface area contributed by atoms with Gasteiger partial charge in [0.1, 0.15) is 5.82 Å². The standard InChI is InChI=1S/C18H21FN4O/c1-2-16-5-3-4-10-23(16)18-20-11-13(12-21-18)17(24)22-15-8-6-14(19)7-9-15/h6-9,11-12,16H,2-5,10H2,1H3,(H,22,24). The van der Waals surface area contributed by atoms with Crippen LogP contribution < -0.4 is 10.2 Å². The summed E-state index contributed by atoms with van der Waals surface area (Å²) in [6.45, 7) is 3.13. The molecule has 1 saturated heterocycles. The van der Waals surface area contributed by atoms with Crippen molar-refractivity contribution >= 4 is 17.5 Å². The summed E-state index contributed by atoms with van der Waals surface area (Å²) in [4.78, 5) is 23.2. The third-order valence-corrected chi connectivity index (χ3v) is 4.36. The van der Waals surface area contributed by atoms with E-state index in [9.17, 15) is 9.18 Å². The first-order valence-corrected chi connectivity index (χ1v) is 8.33. The number of nitrogens with one attached hydrogen (secondary N) is 1. The van der Waals surface area contributed by atoms with E-state index in [1.807, 2.05) is 0 Å². The predicted molar refractivity (Wildman–Crippen MR) is 91.7 cm³/mol. The number of hydrogen-bond donors (Lipinski definition) is 1. The van der Waals surface area contributed by atoms with Crippen LogP contribution in [0.5, 0.6) is 0 Å². The molecule has 0 saturated carbocycles. The maximum atomic E-state index is 12.9. The van der Waals surface area contributed by atoms with Gasteiger partial charge in [-0.25, -0.2) is 14.4 Å². The second kappa shape index (κ2) is 7.38. The lowest BCUT2D eigenvalue weighted by Gasteiger charge is -2.35. The molecule has 1 aliphatic rings. The Kier molecular flexibility index (Phi) is 5.03. The zero-order valence-electron chi connectivity index (χ0n) is 13.7. The quantitative estimate of drug-likeness (QED) is 0.931. The Morgan fingerprint density at radius 1 is 1.25 bits per heavy atom. The summed E-state index contributed by atoms with van der Waals surface area (Å²) in [5.41, 5.74) is 0.917. The van der Waals surface area contributed by atoms with E-state index in [0.717, 1.165) is 25.8 Å². The Morgan fingerprint density at radius 3 is 2.62 bits per heavy atom. The summed E-state index contributed by atoms with van der Waals surface area (Å²) < 4.78 is 12.9. The Labute approximate surface area is 140 Å². The SMILES string of the molecule is CCC1CCCCN1c1ncc(C(=O)Nc2ccc(F)cc2)cn1. The van der Waals surface area contributed by atoms with Crippen molar-refractivity contribution in [2.45, 2.75) is 38.6 Å². The van der Waals surface area contributed by atoms with E-state index in [1.54, 1.807) is 12.4 Å². The highest BCUT2D eigenvalue weighted by Gasteiger charge is 2.23. The number of carbonyl (C=O) groups is 1. The molecule has 0 radical (unpaired) electrons. The minimum Gasteiger partial charge on any atom is -0.338 e. The molecular weight excluding hydrogens is 307 g/mol. The van der Waals surface area contributed by atoms with E-state index in [4.69, 9.17) is 0 Å². The van der Waals surface area contributed by atoms with E-state index < -0.39 is 0 Å². The van der Waals surface area contributed by atoms with Gasteiger partial charge in [-0.05, 0) is 49.9 Å². The van der Waals surface area contributed by atoms with Crippen molar-refractivity contribution < 1.29 is 9.18 Å². The van der Waals surface area contributed by atoms with Gasteiger partial charge in [-0.3, -0.25) is 4.79 Å². The number of piperidine rings is 1. The molecule has 2 heterocycles. The fourth-order valence-corrected chi connectivity index (χ4v) is 3.01. The average Bonchev–Trinajstić information content (AvgIpc) is 2.63. The molecule has 6 heteroatoms. The van der Waals surface area contributed by atoms with Gasteiger partial charge >= 0.3 is 0 Å². The monoisotopic (exact) mass is 328 g/mol. The normalized spacial score (nSPS) is 17.6. The Hall–Kier alpha value is -2.50. The van der Waals surface area contributed by atoms with Crippen LogP contribution in [0.25, 0.3) is 0 Å². The summed E-state index contributed by atoms with van der Waals surface area (Å²) in [5.74, 6) is 0.0337. The molecule has 1 amide bonds. The third kappa shape index (κ3) is 3.69. The molecule has 3 rings (SSSR count). The zero-order chi connectivity index (χ0) is 16.9. The van der Waals surface area contributed by atoms with Gasteiger partial charge in [-0.2, -0.15) is 0 Å². The minimum atomic E-state index is -0.340. The molecule has 24 heavy (non-hydrogen) atoms. The molecule has 0 aliphatic carbocycles. The number of nitrogens with zero attached hydrogens (tertiary/aromatic N) is 3. The fraction of sp³-hybridized carbons (Fsp3) is 0.389. The van der Waals surface area contributed by atoms with Crippen LogP contribution in [-0.4, -0.2) is 28.5 Å². The zero-order valence-corrected chi connectivity index (χ0v) is 13.7. The van der Waals surface area contributed by atoms with Crippen molar-refractivity contribution in [3.05, 3.63) is 48.0 Å². The molecule has 0 spiro atoms. The smallest absolute Gasteiger partial charge is 0.258 e. The van der Waals surface area contributed by atoms with Crippen LogP contribution in [0.4, 0.5) is 16.0 Å². The first-order chi connectivity index (χ1) is 11.7. The van der Waals surface area contributed by atoms with Crippen molar-refractivity contribution in [2.24, 2.45) is 0 Å². The van der Waals surface area contributed by atoms with Crippen molar-refractivity contribution in [3.63, 3.8) is 0 Å². The second-order valence-electron chi connectivity index (χ2n) is 5.98. The first-order valence-electron chi connectivity index (χ1n) is 8.33. The van der Waals surface area contributed by atoms with Crippen LogP contribution in [0.15, 0.2) is 36.7 Å². The number of hydrogen-bond acceptors (Lipinski definition) is 4. The highest BCUT2D eigenvalue weighted by Crippen LogP contribution is 2.23. The lowest BCUT2D eigenvalue weighted by Crippen LogP contribution is -2.40. The molecule has 2 aromatic rings. The van der Waals surface area contributed by atoms with Gasteiger partial charge in [0.2, 0.25) is 5.95 Å². The molecule has 1 fully saturated rings. The molecule has 1 aliphatic heterocycles. The highest BCUT2D eigenvalue weighted by molar-refractivity contribution is 6.03. The van der Waals surface area contributed by atoms with Gasteiger partial charge < -0.3 is 10.2 Å². The Balaban J connectivity index is 1.69. The maximum Gasteiger partial charge on any atom is 0.258 e. The van der Waals surface area contributed by atoms with Crippen LogP contribution in [0.3, 0.4) is 0 Å². The summed E-state index contributed by atoms with van der Waals surface area (Å²) in [7, 11) is 0. The fourth-order valence-electron chi connectivity index (χ4n) is 3.01. The van der Waals surface area contributed by atoms with E-state index in [0.29, 0.717) is 23.2 Å². The van der Waals surface area contributed by atoms with Crippen LogP contribution >= 0.6 is 0 Å². The van der Waals surface area contributed by atoms with E-state index in [-0.39, 0.29) is 11.7 Å². The maximum absolute atomic E-state index is 12.9. The lowest BCUT2D eigenvalue weighted by atomic mass is 10.0. The van der Waals surface area contributed by atoms with Crippen LogP contribution in [0, 0.1) is 5.82 Å². The molecule has 0 bridgehead atoms. The summed E-state index contributed by atoms with van der Waals surface area (Å²) in [5, 5.41) is 2.71. The molecule has 126 valence electrons. The van der Waals surface area contributed by atoms with Gasteiger partial charge in [0.15, 0.2) is 0 Å². The molecule has 5 nitrogen and oxygen atoms in total. The molecule has 1 unspecified atom stereocenters. The Bertz CT molecular complexity index is 687. The lowest BCUT2D eigenvalue weighted by molar-refractivity contribution is 0.102. The predicted octanol–water partition coefficient (Wildman–Crippen LogP) is 3.64. The largest absolute Gasteiger partial charge is 0.338 e. The minimum absolute atomic E-state index is 0.307. The van der Waals surface area contributed by atoms with Gasteiger partial charge in [0.25, 0.3) is 5.91 Å². The topological polar surface area (TPSA) is 58.1 Å². The van der Waals surface area contributed by atoms with Crippen LogP contribution in [-0.2, 0) is 0 Å². The van der Waals surface area contributed by atoms with Crippen LogP contribution in [0.2, 0.25) is 0 Å². The number of carbonyl (C=O) groups excluding carboxylic acids is 1. The Morgan fingerprint density at radius 2 is 1.96 bits per heavy atom. The van der Waals surface area contributed by atoms with Gasteiger partial charge in [0, 0.05) is 30.7 Å². The van der Waals surface area contributed by atoms with E-state index in [2.05, 4.69) is 27.1 Å². The second-order valence-corrected chi connectivity index (χ2v) is 5.98. The highest BCUT2D eigenvalue weighted by atomic mass is 19.1. The van der Waals surface area contributed by atoms with Gasteiger partial charge in [-0.1, -0.05) is 6.92 Å². The number of anilines is 2. The number of aromatic nitrogens is 2. The number of amides is 1. The third-order valence-electron chi connectivity index (χ3n) is 4.36. The van der Waals surface area contributed by atoms with Crippen molar-refractivity contribution in [3.8, 4) is 0 Å².